The number of benzene rings is 6. The second kappa shape index (κ2) is 8.40. The molecule has 0 aliphatic carbocycles. The van der Waals surface area contributed by atoms with Crippen LogP contribution in [0, 0.1) is 0 Å². The molecule has 0 bridgehead atoms. The molecule has 0 aliphatic rings. The van der Waals surface area contributed by atoms with Crippen LogP contribution in [0.3, 0.4) is 0 Å². The molecule has 1 heterocycles. The molecule has 0 aliphatic heterocycles. The third kappa shape index (κ3) is 3.33. The molecule has 3 nitrogen and oxygen atoms in total. The highest BCUT2D eigenvalue weighted by Crippen LogP contribution is 2.46. The van der Waals surface area contributed by atoms with Crippen LogP contribution in [0.5, 0.6) is 23.0 Å². The number of rotatable bonds is 4. The van der Waals surface area contributed by atoms with Crippen LogP contribution in [0.15, 0.2) is 128 Å². The van der Waals surface area contributed by atoms with Crippen LogP contribution in [-0.4, -0.2) is 4.98 Å². The zero-order valence-corrected chi connectivity index (χ0v) is 19.4. The number of fused-ring (bicyclic) bond motifs is 4. The molecule has 0 unspecified atom stereocenters. The lowest BCUT2D eigenvalue weighted by Gasteiger charge is -2.18. The molecule has 3 heteroatoms. The van der Waals surface area contributed by atoms with Crippen molar-refractivity contribution >= 4 is 43.2 Å². The molecular weight excluding hydrogens is 442 g/mol. The first kappa shape index (κ1) is 20.5. The minimum Gasteiger partial charge on any atom is -0.455 e. The van der Waals surface area contributed by atoms with Gasteiger partial charge in [0.2, 0.25) is 0 Å². The third-order valence-corrected chi connectivity index (χ3v) is 6.61. The van der Waals surface area contributed by atoms with Gasteiger partial charge in [0.25, 0.3) is 0 Å². The maximum atomic E-state index is 6.70. The highest BCUT2D eigenvalue weighted by atomic mass is 16.5. The van der Waals surface area contributed by atoms with Crippen molar-refractivity contribution < 1.29 is 9.47 Å². The van der Waals surface area contributed by atoms with Gasteiger partial charge in [0, 0.05) is 33.1 Å². The minimum atomic E-state index is 0.725. The van der Waals surface area contributed by atoms with Gasteiger partial charge in [-0.25, -0.2) is 0 Å². The van der Waals surface area contributed by atoms with E-state index in [0.29, 0.717) is 0 Å². The molecule has 6 aromatic carbocycles. The third-order valence-electron chi connectivity index (χ3n) is 6.61. The molecule has 0 saturated carbocycles. The van der Waals surface area contributed by atoms with Gasteiger partial charge in [-0.1, -0.05) is 97.1 Å². The first-order valence-corrected chi connectivity index (χ1v) is 12.0. The molecular formula is C33H21NO2. The van der Waals surface area contributed by atoms with Crippen molar-refractivity contribution in [3.63, 3.8) is 0 Å². The Morgan fingerprint density at radius 3 is 1.50 bits per heavy atom. The van der Waals surface area contributed by atoms with Crippen LogP contribution in [0.1, 0.15) is 0 Å². The van der Waals surface area contributed by atoms with Crippen molar-refractivity contribution in [3.8, 4) is 23.0 Å². The Hall–Kier alpha value is -4.89. The molecule has 0 saturated heterocycles. The fourth-order valence-corrected chi connectivity index (χ4v) is 4.92. The van der Waals surface area contributed by atoms with Gasteiger partial charge in [0.15, 0.2) is 5.75 Å². The highest BCUT2D eigenvalue weighted by Gasteiger charge is 2.19. The van der Waals surface area contributed by atoms with Crippen LogP contribution < -0.4 is 9.47 Å². The number of hydrogen-bond donors (Lipinski definition) is 0. The lowest BCUT2D eigenvalue weighted by molar-refractivity contribution is 0.490. The summed E-state index contributed by atoms with van der Waals surface area (Å²) in [6.07, 6.45) is 1.80. The molecule has 7 aromatic rings. The summed E-state index contributed by atoms with van der Waals surface area (Å²) in [5, 5.41) is 7.22. The molecule has 0 radical (unpaired) electrons. The summed E-state index contributed by atoms with van der Waals surface area (Å²) in [5.41, 5.74) is 0.763. The van der Waals surface area contributed by atoms with Crippen LogP contribution in [0.25, 0.3) is 43.2 Å². The first-order chi connectivity index (χ1) is 17.9. The number of pyridine rings is 1. The van der Waals surface area contributed by atoms with Crippen LogP contribution in [0.4, 0.5) is 0 Å². The summed E-state index contributed by atoms with van der Waals surface area (Å²) in [4.78, 5) is 4.77. The van der Waals surface area contributed by atoms with E-state index in [0.717, 1.165) is 66.2 Å². The highest BCUT2D eigenvalue weighted by molar-refractivity contribution is 6.10. The van der Waals surface area contributed by atoms with Crippen molar-refractivity contribution in [2.45, 2.75) is 0 Å². The van der Waals surface area contributed by atoms with E-state index in [2.05, 4.69) is 48.5 Å². The minimum absolute atomic E-state index is 0.725. The van der Waals surface area contributed by atoms with Crippen molar-refractivity contribution in [3.05, 3.63) is 128 Å². The molecule has 1 aromatic heterocycles. The summed E-state index contributed by atoms with van der Waals surface area (Å²) in [6, 6.07) is 41.0. The summed E-state index contributed by atoms with van der Waals surface area (Å²) in [6.45, 7) is 0. The van der Waals surface area contributed by atoms with Crippen molar-refractivity contribution in [2.75, 3.05) is 0 Å². The first-order valence-electron chi connectivity index (χ1n) is 12.0. The Balaban J connectivity index is 1.47. The molecule has 0 fully saturated rings. The van der Waals surface area contributed by atoms with Gasteiger partial charge in [0.05, 0.1) is 0 Å². The van der Waals surface area contributed by atoms with E-state index >= 15 is 0 Å². The number of nitrogens with zero attached hydrogens (tertiary/aromatic N) is 1. The molecule has 0 N–H and O–H groups in total. The van der Waals surface area contributed by atoms with Crippen LogP contribution >= 0.6 is 0 Å². The summed E-state index contributed by atoms with van der Waals surface area (Å²) in [5.74, 6) is 3.11. The monoisotopic (exact) mass is 463 g/mol. The molecule has 170 valence electrons. The SMILES string of the molecule is c1ccc2c(Oc3c4ccccc4c(Oc4cccc5ccccc45)c4ncccc34)cccc2c1. The second-order valence-electron chi connectivity index (χ2n) is 8.76. The van der Waals surface area contributed by atoms with Gasteiger partial charge in [-0.05, 0) is 35.0 Å². The lowest BCUT2D eigenvalue weighted by atomic mass is 10.0. The van der Waals surface area contributed by atoms with Gasteiger partial charge in [-0.2, -0.15) is 0 Å². The van der Waals surface area contributed by atoms with E-state index in [1.807, 2.05) is 72.8 Å². The molecule has 0 atom stereocenters. The average Bonchev–Trinajstić information content (AvgIpc) is 2.95. The van der Waals surface area contributed by atoms with E-state index in [9.17, 15) is 0 Å². The van der Waals surface area contributed by atoms with E-state index < -0.39 is 0 Å². The predicted molar refractivity (Wildman–Crippen MR) is 147 cm³/mol. The van der Waals surface area contributed by atoms with Crippen molar-refractivity contribution in [2.24, 2.45) is 0 Å². The Bertz CT molecular complexity index is 1700. The average molecular weight is 464 g/mol. The zero-order chi connectivity index (χ0) is 23.9. The van der Waals surface area contributed by atoms with Gasteiger partial charge in [-0.3, -0.25) is 4.98 Å². The molecule has 0 spiro atoms. The second-order valence-corrected chi connectivity index (χ2v) is 8.76. The molecule has 0 amide bonds. The quantitative estimate of drug-likeness (QED) is 0.244. The smallest absolute Gasteiger partial charge is 0.161 e. The van der Waals surface area contributed by atoms with Gasteiger partial charge in [-0.15, -0.1) is 0 Å². The fraction of sp³-hybridized carbons (Fsp3) is 0. The zero-order valence-electron chi connectivity index (χ0n) is 19.4. The predicted octanol–water partition coefficient (Wildman–Crippen LogP) is 9.28. The number of ether oxygens (including phenoxy) is 2. The lowest BCUT2D eigenvalue weighted by Crippen LogP contribution is -1.95. The molecule has 36 heavy (non-hydrogen) atoms. The van der Waals surface area contributed by atoms with Crippen molar-refractivity contribution in [1.82, 2.24) is 4.98 Å². The largest absolute Gasteiger partial charge is 0.455 e. The number of hydrogen-bond acceptors (Lipinski definition) is 3. The van der Waals surface area contributed by atoms with Crippen molar-refractivity contribution in [1.29, 1.82) is 0 Å². The summed E-state index contributed by atoms with van der Waals surface area (Å²) < 4.78 is 13.4. The topological polar surface area (TPSA) is 31.4 Å². The van der Waals surface area contributed by atoms with E-state index in [1.54, 1.807) is 6.20 Å². The Labute approximate surface area is 208 Å². The fourth-order valence-electron chi connectivity index (χ4n) is 4.92. The van der Waals surface area contributed by atoms with Gasteiger partial charge < -0.3 is 9.47 Å². The van der Waals surface area contributed by atoms with Crippen LogP contribution in [0.2, 0.25) is 0 Å². The summed E-state index contributed by atoms with van der Waals surface area (Å²) >= 11 is 0. The van der Waals surface area contributed by atoms with E-state index in [4.69, 9.17) is 14.5 Å². The normalized spacial score (nSPS) is 11.3. The Morgan fingerprint density at radius 1 is 0.389 bits per heavy atom. The van der Waals surface area contributed by atoms with Gasteiger partial charge in [0.1, 0.15) is 22.8 Å². The number of aromatic nitrogens is 1. The Morgan fingerprint density at radius 2 is 0.861 bits per heavy atom. The van der Waals surface area contributed by atoms with E-state index in [-0.39, 0.29) is 0 Å². The summed E-state index contributed by atoms with van der Waals surface area (Å²) in [7, 11) is 0. The van der Waals surface area contributed by atoms with Gasteiger partial charge >= 0.3 is 0 Å². The maximum absolute atomic E-state index is 6.70. The van der Waals surface area contributed by atoms with Crippen LogP contribution in [-0.2, 0) is 0 Å². The maximum Gasteiger partial charge on any atom is 0.161 e. The Kier molecular flexibility index (Phi) is 4.78. The van der Waals surface area contributed by atoms with E-state index in [1.165, 1.54) is 0 Å². The molecule has 7 rings (SSSR count). The standard InChI is InChI=1S/C33H21NO2/c1-3-14-24-22(10-1)12-7-19-29(24)35-32-26-16-5-6-17-27(26)33(31-28(32)18-9-21-34-31)36-30-20-8-13-23-11-2-4-15-25(23)30/h1-21H.